The molecule has 0 N–H and O–H groups in total. The fourth-order valence-electron chi connectivity index (χ4n) is 1.30. The van der Waals surface area contributed by atoms with Gasteiger partial charge in [0.2, 0.25) is 6.29 Å². The van der Waals surface area contributed by atoms with Gasteiger partial charge in [-0.3, -0.25) is 0 Å². The average Bonchev–Trinajstić information content (AvgIpc) is 2.44. The van der Waals surface area contributed by atoms with Crippen molar-refractivity contribution < 1.29 is 19.0 Å². The molecule has 0 aliphatic rings. The first-order valence-electron chi connectivity index (χ1n) is 6.00. The van der Waals surface area contributed by atoms with Crippen molar-refractivity contribution in [3.8, 4) is 11.8 Å². The summed E-state index contributed by atoms with van der Waals surface area (Å²) in [6.45, 7) is 4.77. The molecule has 1 rings (SSSR count). The highest BCUT2D eigenvalue weighted by atomic mass is 16.7. The van der Waals surface area contributed by atoms with E-state index < -0.39 is 12.3 Å². The highest BCUT2D eigenvalue weighted by Crippen LogP contribution is 2.02. The maximum absolute atomic E-state index is 11.3. The fourth-order valence-corrected chi connectivity index (χ4v) is 1.30. The van der Waals surface area contributed by atoms with E-state index in [-0.39, 0.29) is 5.69 Å². The molecule has 102 valence electrons. The lowest BCUT2D eigenvalue weighted by molar-refractivity contribution is -0.0969. The zero-order chi connectivity index (χ0) is 14.1. The van der Waals surface area contributed by atoms with E-state index in [0.717, 1.165) is 0 Å². The Morgan fingerprint density at radius 3 is 2.63 bits per heavy atom. The number of carbonyl (C=O) groups excluding carboxylic acids is 1. The first-order valence-corrected chi connectivity index (χ1v) is 6.00. The number of pyridine rings is 1. The molecule has 0 aliphatic heterocycles. The number of hydrogen-bond donors (Lipinski definition) is 0. The second-order valence-electron chi connectivity index (χ2n) is 3.43. The Morgan fingerprint density at radius 2 is 2.05 bits per heavy atom. The monoisotopic (exact) mass is 263 g/mol. The molecule has 1 heterocycles. The van der Waals surface area contributed by atoms with Gasteiger partial charge in [-0.2, -0.15) is 0 Å². The van der Waals surface area contributed by atoms with E-state index >= 15 is 0 Å². The standard InChI is InChI=1S/C14H17NO4/c1-4-18-13(19-5-2)7-6-11-8-9-15-12(10-11)14(16)17-3/h8-10,13H,4-5H2,1-3H3. The summed E-state index contributed by atoms with van der Waals surface area (Å²) in [6, 6.07) is 3.27. The van der Waals surface area contributed by atoms with Gasteiger partial charge in [-0.15, -0.1) is 0 Å². The lowest BCUT2D eigenvalue weighted by Gasteiger charge is -2.09. The second-order valence-corrected chi connectivity index (χ2v) is 3.43. The summed E-state index contributed by atoms with van der Waals surface area (Å²) in [6.07, 6.45) is 0.942. The van der Waals surface area contributed by atoms with Crippen LogP contribution in [0.15, 0.2) is 18.3 Å². The van der Waals surface area contributed by atoms with Gasteiger partial charge in [0.25, 0.3) is 0 Å². The second kappa shape index (κ2) is 8.25. The molecule has 1 aromatic rings. The van der Waals surface area contributed by atoms with Crippen LogP contribution < -0.4 is 0 Å². The Kier molecular flexibility index (Phi) is 6.58. The van der Waals surface area contributed by atoms with Crippen LogP contribution in [0.5, 0.6) is 0 Å². The number of ether oxygens (including phenoxy) is 3. The third-order valence-corrected chi connectivity index (χ3v) is 2.12. The van der Waals surface area contributed by atoms with E-state index in [4.69, 9.17) is 9.47 Å². The van der Waals surface area contributed by atoms with Crippen molar-refractivity contribution in [3.05, 3.63) is 29.6 Å². The summed E-state index contributed by atoms with van der Waals surface area (Å²) in [5.74, 6) is 5.24. The zero-order valence-electron chi connectivity index (χ0n) is 11.3. The quantitative estimate of drug-likeness (QED) is 0.459. The highest BCUT2D eigenvalue weighted by Gasteiger charge is 2.07. The Balaban J connectivity index is 2.83. The molecular formula is C14H17NO4. The van der Waals surface area contributed by atoms with E-state index in [1.165, 1.54) is 13.3 Å². The molecule has 5 nitrogen and oxygen atoms in total. The van der Waals surface area contributed by atoms with E-state index in [1.54, 1.807) is 12.1 Å². The molecule has 0 unspecified atom stereocenters. The molecule has 0 amide bonds. The fraction of sp³-hybridized carbons (Fsp3) is 0.429. The van der Waals surface area contributed by atoms with Crippen molar-refractivity contribution in [1.29, 1.82) is 0 Å². The van der Waals surface area contributed by atoms with E-state index in [1.807, 2.05) is 13.8 Å². The molecule has 0 radical (unpaired) electrons. The largest absolute Gasteiger partial charge is 0.464 e. The van der Waals surface area contributed by atoms with Crippen molar-refractivity contribution in [2.75, 3.05) is 20.3 Å². The number of hydrogen-bond acceptors (Lipinski definition) is 5. The van der Waals surface area contributed by atoms with Crippen molar-refractivity contribution in [3.63, 3.8) is 0 Å². The molecule has 0 aromatic carbocycles. The molecule has 5 heteroatoms. The van der Waals surface area contributed by atoms with E-state index in [9.17, 15) is 4.79 Å². The Labute approximate surface area is 112 Å². The summed E-state index contributed by atoms with van der Waals surface area (Å²) in [5, 5.41) is 0. The summed E-state index contributed by atoms with van der Waals surface area (Å²) in [4.78, 5) is 15.2. The third kappa shape index (κ3) is 5.08. The van der Waals surface area contributed by atoms with Gasteiger partial charge >= 0.3 is 5.97 Å². The van der Waals surface area contributed by atoms with Crippen LogP contribution in [0.25, 0.3) is 0 Å². The maximum atomic E-state index is 11.3. The van der Waals surface area contributed by atoms with Crippen LogP contribution in [0.4, 0.5) is 0 Å². The van der Waals surface area contributed by atoms with Crippen molar-refractivity contribution in [1.82, 2.24) is 4.98 Å². The van der Waals surface area contributed by atoms with Crippen molar-refractivity contribution in [2.45, 2.75) is 20.1 Å². The van der Waals surface area contributed by atoms with Crippen LogP contribution in [0.1, 0.15) is 29.9 Å². The van der Waals surface area contributed by atoms with Gasteiger partial charge in [0, 0.05) is 25.0 Å². The zero-order valence-corrected chi connectivity index (χ0v) is 11.3. The lowest BCUT2D eigenvalue weighted by Crippen LogP contribution is -2.14. The van der Waals surface area contributed by atoms with Crippen LogP contribution in [0, 0.1) is 11.8 Å². The number of nitrogens with zero attached hydrogens (tertiary/aromatic N) is 1. The van der Waals surface area contributed by atoms with Crippen LogP contribution in [-0.2, 0) is 14.2 Å². The van der Waals surface area contributed by atoms with Gasteiger partial charge in [0.1, 0.15) is 5.69 Å². The molecule has 1 aromatic heterocycles. The van der Waals surface area contributed by atoms with Gasteiger partial charge in [0.05, 0.1) is 7.11 Å². The number of methoxy groups -OCH3 is 1. The molecule has 0 aliphatic carbocycles. The summed E-state index contributed by atoms with van der Waals surface area (Å²) >= 11 is 0. The summed E-state index contributed by atoms with van der Waals surface area (Å²) in [5.41, 5.74) is 0.874. The Hall–Kier alpha value is -1.90. The van der Waals surface area contributed by atoms with Gasteiger partial charge < -0.3 is 14.2 Å². The first-order chi connectivity index (χ1) is 9.21. The first kappa shape index (κ1) is 15.2. The number of rotatable bonds is 5. The van der Waals surface area contributed by atoms with E-state index in [2.05, 4.69) is 21.6 Å². The minimum Gasteiger partial charge on any atom is -0.464 e. The minimum atomic E-state index is -0.565. The molecule has 0 bridgehead atoms. The van der Waals surface area contributed by atoms with Crippen LogP contribution in [0.3, 0.4) is 0 Å². The normalized spacial score (nSPS) is 9.89. The van der Waals surface area contributed by atoms with Crippen LogP contribution in [-0.4, -0.2) is 37.6 Å². The number of esters is 1. The van der Waals surface area contributed by atoms with E-state index in [0.29, 0.717) is 18.8 Å². The molecule has 0 spiro atoms. The molecular weight excluding hydrogens is 246 g/mol. The average molecular weight is 263 g/mol. The number of aromatic nitrogens is 1. The Morgan fingerprint density at radius 1 is 1.37 bits per heavy atom. The predicted molar refractivity (Wildman–Crippen MR) is 69.5 cm³/mol. The third-order valence-electron chi connectivity index (χ3n) is 2.12. The van der Waals surface area contributed by atoms with Crippen molar-refractivity contribution >= 4 is 5.97 Å². The van der Waals surface area contributed by atoms with Gasteiger partial charge in [-0.25, -0.2) is 9.78 Å². The van der Waals surface area contributed by atoms with Gasteiger partial charge in [-0.1, -0.05) is 5.92 Å². The maximum Gasteiger partial charge on any atom is 0.356 e. The molecule has 19 heavy (non-hydrogen) atoms. The Bertz CT molecular complexity index is 470. The summed E-state index contributed by atoms with van der Waals surface area (Å²) in [7, 11) is 1.31. The topological polar surface area (TPSA) is 57.7 Å². The highest BCUT2D eigenvalue weighted by molar-refractivity contribution is 5.87. The van der Waals surface area contributed by atoms with Crippen LogP contribution >= 0.6 is 0 Å². The van der Waals surface area contributed by atoms with Gasteiger partial charge in [-0.05, 0) is 31.9 Å². The molecule has 0 saturated heterocycles. The minimum absolute atomic E-state index is 0.221. The molecule has 0 fully saturated rings. The SMILES string of the molecule is CCOC(C#Cc1ccnc(C(=O)OC)c1)OCC. The number of carbonyl (C=O) groups is 1. The van der Waals surface area contributed by atoms with Crippen LogP contribution in [0.2, 0.25) is 0 Å². The molecule has 0 atom stereocenters. The molecule has 0 saturated carbocycles. The summed E-state index contributed by atoms with van der Waals surface area (Å²) < 4.78 is 15.2. The lowest BCUT2D eigenvalue weighted by atomic mass is 10.2. The van der Waals surface area contributed by atoms with Crippen molar-refractivity contribution in [2.24, 2.45) is 0 Å². The predicted octanol–water partition coefficient (Wildman–Crippen LogP) is 1.62. The smallest absolute Gasteiger partial charge is 0.356 e. The van der Waals surface area contributed by atoms with Gasteiger partial charge in [0.15, 0.2) is 0 Å².